The molecule has 2 amide bonds. The first-order chi connectivity index (χ1) is 18.3. The van der Waals surface area contributed by atoms with Gasteiger partial charge in [-0.3, -0.25) is 19.1 Å². The van der Waals surface area contributed by atoms with Gasteiger partial charge in [-0.05, 0) is 61.6 Å². The van der Waals surface area contributed by atoms with Crippen molar-refractivity contribution >= 4 is 29.1 Å². The number of carbonyl (C=O) groups excluding carboxylic acids is 2. The zero-order valence-electron chi connectivity index (χ0n) is 20.6. The molecule has 3 aromatic rings. The Hall–Kier alpha value is -3.65. The molecule has 2 fully saturated rings. The molecule has 3 aromatic heterocycles. The van der Waals surface area contributed by atoms with Gasteiger partial charge in [0.1, 0.15) is 28.6 Å². The van der Waals surface area contributed by atoms with Crippen LogP contribution in [0.5, 0.6) is 0 Å². The smallest absolute Gasteiger partial charge is 0.276 e. The van der Waals surface area contributed by atoms with Crippen molar-refractivity contribution in [2.24, 2.45) is 17.8 Å². The van der Waals surface area contributed by atoms with Crippen LogP contribution in [-0.4, -0.2) is 61.9 Å². The van der Waals surface area contributed by atoms with Crippen molar-refractivity contribution in [3.05, 3.63) is 50.7 Å². The molecule has 0 aromatic carbocycles. The van der Waals surface area contributed by atoms with Gasteiger partial charge in [0.25, 0.3) is 17.4 Å². The van der Waals surface area contributed by atoms with Gasteiger partial charge >= 0.3 is 0 Å². The summed E-state index contributed by atoms with van der Waals surface area (Å²) in [7, 11) is 1.42. The lowest BCUT2D eigenvalue weighted by Gasteiger charge is -2.27. The van der Waals surface area contributed by atoms with Gasteiger partial charge in [0, 0.05) is 12.7 Å². The van der Waals surface area contributed by atoms with Gasteiger partial charge in [-0.15, -0.1) is 5.10 Å². The largest absolute Gasteiger partial charge is 0.382 e. The Balaban J connectivity index is 1.41. The molecule has 0 aliphatic heterocycles. The van der Waals surface area contributed by atoms with E-state index >= 15 is 0 Å². The average Bonchev–Trinajstić information content (AvgIpc) is 3.82. The summed E-state index contributed by atoms with van der Waals surface area (Å²) in [5.41, 5.74) is -0.335. The Morgan fingerprint density at radius 2 is 2.00 bits per heavy atom. The number of anilines is 1. The molecular weight excluding hydrogens is 523 g/mol. The van der Waals surface area contributed by atoms with Crippen molar-refractivity contribution in [3.8, 4) is 0 Å². The molecule has 2 aliphatic rings. The summed E-state index contributed by atoms with van der Waals surface area (Å²) in [6, 6.07) is -0.449. The summed E-state index contributed by atoms with van der Waals surface area (Å²) >= 11 is 5.94. The molecule has 13 nitrogen and oxygen atoms in total. The fraction of sp³-hybridized carbons (Fsp3) is 0.522. The molecule has 202 valence electrons. The molecule has 38 heavy (non-hydrogen) atoms. The number of amides is 2. The van der Waals surface area contributed by atoms with Crippen molar-refractivity contribution in [2.75, 3.05) is 19.0 Å². The summed E-state index contributed by atoms with van der Waals surface area (Å²) in [5, 5.41) is 22.4. The molecule has 0 radical (unpaired) electrons. The van der Waals surface area contributed by atoms with E-state index in [1.165, 1.54) is 24.1 Å². The molecule has 3 N–H and O–H groups in total. The topological polar surface area (TPSA) is 170 Å². The molecule has 0 bridgehead atoms. The van der Waals surface area contributed by atoms with E-state index in [1.807, 2.05) is 0 Å². The van der Waals surface area contributed by atoms with Crippen molar-refractivity contribution in [3.63, 3.8) is 0 Å². The number of carbonyl (C=O) groups is 2. The van der Waals surface area contributed by atoms with Crippen molar-refractivity contribution in [1.29, 1.82) is 0 Å². The fourth-order valence-electron chi connectivity index (χ4n) is 4.81. The number of ether oxygens (including phenoxy) is 1. The van der Waals surface area contributed by atoms with Gasteiger partial charge in [0.2, 0.25) is 5.91 Å². The second-order valence-corrected chi connectivity index (χ2v) is 10.0. The lowest BCUT2D eigenvalue weighted by atomic mass is 9.88. The van der Waals surface area contributed by atoms with E-state index in [-0.39, 0.29) is 46.5 Å². The number of halogens is 2. The van der Waals surface area contributed by atoms with Gasteiger partial charge in [-0.1, -0.05) is 16.8 Å². The first-order valence-electron chi connectivity index (χ1n) is 12.2. The van der Waals surface area contributed by atoms with E-state index < -0.39 is 35.4 Å². The van der Waals surface area contributed by atoms with Crippen LogP contribution in [0.2, 0.25) is 5.15 Å². The Morgan fingerprint density at radius 3 is 2.61 bits per heavy atom. The second-order valence-electron chi connectivity index (χ2n) is 9.65. The standard InChI is InChI=1S/C23H26ClFN8O5/c1-10-18(32-38-31-10)22(35)27-19(17(11-3-4-11)12-5-6-12)23(36)26-14-8-33(30-20(14)25)15(9-37-2)13-7-16(24)28-29-21(13)34/h7-8,11-12,15,17,19H,3-6,9H2,1-2H3,(H,26,36)(H,27,35)(H,29,34)/t15?,19-/m0/s1. The summed E-state index contributed by atoms with van der Waals surface area (Å²) in [6.45, 7) is 1.54. The SMILES string of the molecule is COCC(c1cc(Cl)n[nH]c1=O)n1cc(NC(=O)[C@@H](NC(=O)c2nonc2C)C(C2CC2)C2CC2)c(F)n1. The highest BCUT2D eigenvalue weighted by Gasteiger charge is 2.48. The van der Waals surface area contributed by atoms with E-state index in [1.54, 1.807) is 6.92 Å². The number of nitrogens with zero attached hydrogens (tertiary/aromatic N) is 5. The third-order valence-electron chi connectivity index (χ3n) is 6.90. The van der Waals surface area contributed by atoms with Crippen LogP contribution in [0.15, 0.2) is 21.7 Å². The molecule has 15 heteroatoms. The van der Waals surface area contributed by atoms with Crippen LogP contribution in [0.4, 0.5) is 10.1 Å². The van der Waals surface area contributed by atoms with Crippen LogP contribution in [0.3, 0.4) is 0 Å². The Bertz CT molecular complexity index is 1390. The predicted molar refractivity (Wildman–Crippen MR) is 130 cm³/mol. The molecule has 2 aliphatic carbocycles. The minimum atomic E-state index is -0.966. The monoisotopic (exact) mass is 548 g/mol. The van der Waals surface area contributed by atoms with E-state index in [0.717, 1.165) is 25.7 Å². The summed E-state index contributed by atoms with van der Waals surface area (Å²) in [4.78, 5) is 38.8. The lowest BCUT2D eigenvalue weighted by Crippen LogP contribution is -2.50. The van der Waals surface area contributed by atoms with Crippen LogP contribution in [-0.2, 0) is 9.53 Å². The highest BCUT2D eigenvalue weighted by Crippen LogP contribution is 2.51. The zero-order chi connectivity index (χ0) is 27.0. The highest BCUT2D eigenvalue weighted by atomic mass is 35.5. The Kier molecular flexibility index (Phi) is 7.25. The number of hydrogen-bond acceptors (Lipinski definition) is 9. The van der Waals surface area contributed by atoms with Gasteiger partial charge in [0.05, 0.1) is 12.8 Å². The number of methoxy groups -OCH3 is 1. The predicted octanol–water partition coefficient (Wildman–Crippen LogP) is 1.86. The number of H-pyrrole nitrogens is 1. The molecule has 3 heterocycles. The number of aromatic amines is 1. The zero-order valence-corrected chi connectivity index (χ0v) is 21.4. The molecule has 0 spiro atoms. The number of rotatable bonds is 11. The maximum Gasteiger partial charge on any atom is 0.276 e. The summed E-state index contributed by atoms with van der Waals surface area (Å²) in [5.74, 6) is -1.67. The maximum absolute atomic E-state index is 15.0. The minimum Gasteiger partial charge on any atom is -0.382 e. The third kappa shape index (κ3) is 5.45. The minimum absolute atomic E-state index is 0.0178. The normalized spacial score (nSPS) is 16.9. The van der Waals surface area contributed by atoms with Crippen LogP contribution in [0.25, 0.3) is 0 Å². The molecule has 0 saturated heterocycles. The molecule has 2 saturated carbocycles. The third-order valence-corrected chi connectivity index (χ3v) is 7.10. The van der Waals surface area contributed by atoms with E-state index in [0.29, 0.717) is 5.69 Å². The lowest BCUT2D eigenvalue weighted by molar-refractivity contribution is -0.119. The number of nitrogens with one attached hydrogen (secondary N) is 3. The molecule has 5 rings (SSSR count). The van der Waals surface area contributed by atoms with Crippen molar-refractivity contribution in [2.45, 2.75) is 44.7 Å². The van der Waals surface area contributed by atoms with E-state index in [4.69, 9.17) is 16.3 Å². The molecule has 2 atom stereocenters. The maximum atomic E-state index is 15.0. The Labute approximate surface area is 220 Å². The average molecular weight is 549 g/mol. The molecular formula is C23H26ClFN8O5. The van der Waals surface area contributed by atoms with Gasteiger partial charge < -0.3 is 15.4 Å². The Morgan fingerprint density at radius 1 is 1.29 bits per heavy atom. The fourth-order valence-corrected chi connectivity index (χ4v) is 4.97. The van der Waals surface area contributed by atoms with Crippen LogP contribution >= 0.6 is 11.6 Å². The highest BCUT2D eigenvalue weighted by molar-refractivity contribution is 6.29. The van der Waals surface area contributed by atoms with Crippen LogP contribution in [0.1, 0.15) is 53.5 Å². The van der Waals surface area contributed by atoms with Crippen molar-refractivity contribution < 1.29 is 23.3 Å². The number of aryl methyl sites for hydroxylation is 1. The number of hydrogen-bond donors (Lipinski definition) is 3. The van der Waals surface area contributed by atoms with Gasteiger partial charge in [-0.25, -0.2) is 9.73 Å². The second kappa shape index (κ2) is 10.6. The van der Waals surface area contributed by atoms with E-state index in [2.05, 4.69) is 40.9 Å². The summed E-state index contributed by atoms with van der Waals surface area (Å²) < 4.78 is 26.0. The van der Waals surface area contributed by atoms with Crippen molar-refractivity contribution in [1.82, 2.24) is 35.6 Å². The number of aromatic nitrogens is 6. The van der Waals surface area contributed by atoms with Gasteiger partial charge in [-0.2, -0.15) is 9.49 Å². The van der Waals surface area contributed by atoms with Crippen LogP contribution < -0.4 is 16.2 Å². The quantitative estimate of drug-likeness (QED) is 0.323. The van der Waals surface area contributed by atoms with Gasteiger partial charge in [0.15, 0.2) is 5.69 Å². The van der Waals surface area contributed by atoms with Crippen LogP contribution in [0, 0.1) is 30.6 Å². The first kappa shape index (κ1) is 26.0. The van der Waals surface area contributed by atoms with E-state index in [9.17, 15) is 18.8 Å². The summed E-state index contributed by atoms with van der Waals surface area (Å²) in [6.07, 6.45) is 5.09. The first-order valence-corrected chi connectivity index (χ1v) is 12.5. The molecule has 1 unspecified atom stereocenters.